The Bertz CT molecular complexity index is 888. The van der Waals surface area contributed by atoms with Gasteiger partial charge in [0.1, 0.15) is 5.69 Å². The number of alkyl halides is 3. The van der Waals surface area contributed by atoms with E-state index in [1.807, 2.05) is 4.90 Å². The number of rotatable bonds is 6. The molecule has 9 heteroatoms. The van der Waals surface area contributed by atoms with Crippen molar-refractivity contribution in [3.05, 3.63) is 46.2 Å². The van der Waals surface area contributed by atoms with Gasteiger partial charge in [-0.1, -0.05) is 16.8 Å². The van der Waals surface area contributed by atoms with Crippen LogP contribution in [0.25, 0.3) is 0 Å². The average Bonchev–Trinajstić information content (AvgIpc) is 3.32. The first-order chi connectivity index (χ1) is 13.2. The fourth-order valence-electron chi connectivity index (χ4n) is 3.68. The van der Waals surface area contributed by atoms with Gasteiger partial charge in [-0.05, 0) is 49.4 Å². The van der Waals surface area contributed by atoms with Crippen molar-refractivity contribution < 1.29 is 18.0 Å². The summed E-state index contributed by atoms with van der Waals surface area (Å²) in [4.78, 5) is 14.3. The molecule has 2 heterocycles. The summed E-state index contributed by atoms with van der Waals surface area (Å²) in [6, 6.07) is 3.60. The first-order valence-electron chi connectivity index (χ1n) is 9.28. The molecular formula is C19H20ClF3N4O. The summed E-state index contributed by atoms with van der Waals surface area (Å²) >= 11 is 5.93. The zero-order valence-electron chi connectivity index (χ0n) is 15.3. The summed E-state index contributed by atoms with van der Waals surface area (Å²) in [5.41, 5.74) is -0.134. The minimum absolute atomic E-state index is 0.0667. The molecule has 2 aromatic rings. The number of nitrogens with zero attached hydrogens (tertiary/aromatic N) is 4. The van der Waals surface area contributed by atoms with E-state index < -0.39 is 17.8 Å². The van der Waals surface area contributed by atoms with Crippen molar-refractivity contribution in [3.8, 4) is 0 Å². The Hall–Kier alpha value is -1.93. The Balaban J connectivity index is 1.37. The molecule has 1 aromatic heterocycles. The largest absolute Gasteiger partial charge is 0.416 e. The van der Waals surface area contributed by atoms with E-state index in [4.69, 9.17) is 11.6 Å². The third-order valence-corrected chi connectivity index (χ3v) is 5.73. The highest BCUT2D eigenvalue weighted by molar-refractivity contribution is 6.30. The van der Waals surface area contributed by atoms with Crippen LogP contribution in [0.3, 0.4) is 0 Å². The van der Waals surface area contributed by atoms with Crippen LogP contribution >= 0.6 is 11.6 Å². The van der Waals surface area contributed by atoms with Crippen LogP contribution in [-0.2, 0) is 6.18 Å². The highest BCUT2D eigenvalue weighted by atomic mass is 35.5. The number of hydrogen-bond donors (Lipinski definition) is 0. The molecule has 1 saturated heterocycles. The fraction of sp³-hybridized carbons (Fsp3) is 0.526. The molecule has 1 aromatic carbocycles. The van der Waals surface area contributed by atoms with E-state index in [1.165, 1.54) is 12.1 Å². The molecule has 1 aliphatic carbocycles. The Kier molecular flexibility index (Phi) is 4.95. The molecule has 2 aliphatic rings. The van der Waals surface area contributed by atoms with Crippen LogP contribution in [0, 0.1) is 5.92 Å². The Morgan fingerprint density at radius 3 is 2.68 bits per heavy atom. The molecule has 0 bridgehead atoms. The van der Waals surface area contributed by atoms with E-state index in [0.29, 0.717) is 31.2 Å². The van der Waals surface area contributed by atoms with Crippen molar-refractivity contribution in [1.82, 2.24) is 19.9 Å². The number of likely N-dealkylation sites (tertiary alicyclic amines) is 1. The van der Waals surface area contributed by atoms with Crippen molar-refractivity contribution >= 4 is 17.4 Å². The van der Waals surface area contributed by atoms with Gasteiger partial charge in [-0.3, -0.25) is 9.69 Å². The zero-order valence-corrected chi connectivity index (χ0v) is 16.0. The number of aromatic nitrogens is 3. The zero-order chi connectivity index (χ0) is 20.1. The van der Waals surface area contributed by atoms with Crippen LogP contribution in [0.2, 0.25) is 5.02 Å². The molecule has 5 nitrogen and oxygen atoms in total. The fourth-order valence-corrected chi connectivity index (χ4v) is 3.86. The van der Waals surface area contributed by atoms with Gasteiger partial charge in [0.15, 0.2) is 5.78 Å². The lowest BCUT2D eigenvalue weighted by Gasteiger charge is -2.43. The molecule has 1 unspecified atom stereocenters. The first-order valence-corrected chi connectivity index (χ1v) is 9.66. The summed E-state index contributed by atoms with van der Waals surface area (Å²) in [7, 11) is 0. The van der Waals surface area contributed by atoms with E-state index in [2.05, 4.69) is 10.3 Å². The van der Waals surface area contributed by atoms with Crippen LogP contribution < -0.4 is 0 Å². The third-order valence-electron chi connectivity index (χ3n) is 5.49. The first kappa shape index (κ1) is 19.4. The van der Waals surface area contributed by atoms with Crippen molar-refractivity contribution in [3.63, 3.8) is 0 Å². The minimum Gasteiger partial charge on any atom is -0.296 e. The maximum Gasteiger partial charge on any atom is 0.416 e. The van der Waals surface area contributed by atoms with Crippen LogP contribution in [0.5, 0.6) is 0 Å². The topological polar surface area (TPSA) is 51.0 Å². The van der Waals surface area contributed by atoms with Gasteiger partial charge in [-0.25, -0.2) is 4.68 Å². The molecule has 1 atom stereocenters. The SMILES string of the molecule is CC(c1cc(Cl)ccc1C(F)(F)F)N1CC(CC(=O)c2cn(C3CC3)nn2)C1. The van der Waals surface area contributed by atoms with Crippen molar-refractivity contribution in [2.24, 2.45) is 5.92 Å². The number of benzene rings is 1. The van der Waals surface area contributed by atoms with E-state index in [9.17, 15) is 18.0 Å². The predicted molar refractivity (Wildman–Crippen MR) is 97.2 cm³/mol. The maximum atomic E-state index is 13.3. The molecule has 0 spiro atoms. The number of halogens is 4. The summed E-state index contributed by atoms with van der Waals surface area (Å²) in [6.45, 7) is 2.86. The second-order valence-electron chi connectivity index (χ2n) is 7.67. The molecule has 1 aliphatic heterocycles. The molecule has 0 radical (unpaired) electrons. The Morgan fingerprint density at radius 1 is 1.32 bits per heavy atom. The molecular weight excluding hydrogens is 393 g/mol. The predicted octanol–water partition coefficient (Wildman–Crippen LogP) is 4.55. The van der Waals surface area contributed by atoms with Gasteiger partial charge < -0.3 is 0 Å². The molecule has 150 valence electrons. The lowest BCUT2D eigenvalue weighted by Crippen LogP contribution is -2.48. The van der Waals surface area contributed by atoms with E-state index in [0.717, 1.165) is 18.9 Å². The molecule has 2 fully saturated rings. The summed E-state index contributed by atoms with van der Waals surface area (Å²) < 4.78 is 41.6. The third kappa shape index (κ3) is 3.93. The molecule has 0 amide bonds. The smallest absolute Gasteiger partial charge is 0.296 e. The van der Waals surface area contributed by atoms with Gasteiger partial charge >= 0.3 is 6.18 Å². The number of carbonyl (C=O) groups is 1. The molecule has 4 rings (SSSR count). The molecule has 0 N–H and O–H groups in total. The number of Topliss-reactive ketones (excluding diaryl/α,β-unsaturated/α-hetero) is 1. The quantitative estimate of drug-likeness (QED) is 0.653. The van der Waals surface area contributed by atoms with E-state index >= 15 is 0 Å². The van der Waals surface area contributed by atoms with Crippen LogP contribution in [0.1, 0.15) is 59.9 Å². The lowest BCUT2D eigenvalue weighted by atomic mass is 9.89. The van der Waals surface area contributed by atoms with Crippen molar-refractivity contribution in [2.45, 2.75) is 44.4 Å². The van der Waals surface area contributed by atoms with Crippen molar-refractivity contribution in [1.29, 1.82) is 0 Å². The number of ketones is 1. The maximum absolute atomic E-state index is 13.3. The van der Waals surface area contributed by atoms with Gasteiger partial charge in [0, 0.05) is 30.6 Å². The van der Waals surface area contributed by atoms with Gasteiger partial charge in [-0.15, -0.1) is 5.10 Å². The summed E-state index contributed by atoms with van der Waals surface area (Å²) in [6.07, 6.45) is -0.275. The standard InChI is InChI=1S/C19H20ClF3N4O/c1-11(15-7-13(20)2-5-16(15)19(21,22)23)26-8-12(9-26)6-18(28)17-10-27(25-24-17)14-3-4-14/h2,5,7,10-12,14H,3-4,6,8-9H2,1H3. The molecule has 1 saturated carbocycles. The average molecular weight is 413 g/mol. The minimum atomic E-state index is -4.43. The second kappa shape index (κ2) is 7.15. The van der Waals surface area contributed by atoms with Gasteiger partial charge in [0.2, 0.25) is 0 Å². The van der Waals surface area contributed by atoms with Crippen LogP contribution in [0.4, 0.5) is 13.2 Å². The summed E-state index contributed by atoms with van der Waals surface area (Å²) in [5, 5.41) is 8.22. The molecule has 28 heavy (non-hydrogen) atoms. The van der Waals surface area contributed by atoms with Crippen molar-refractivity contribution in [2.75, 3.05) is 13.1 Å². The lowest BCUT2D eigenvalue weighted by molar-refractivity contribution is -0.139. The number of hydrogen-bond acceptors (Lipinski definition) is 4. The van der Waals surface area contributed by atoms with E-state index in [1.54, 1.807) is 17.8 Å². The number of carbonyl (C=O) groups excluding carboxylic acids is 1. The normalized spacial score (nSPS) is 19.5. The monoisotopic (exact) mass is 412 g/mol. The Labute approximate surface area is 165 Å². The van der Waals surface area contributed by atoms with Gasteiger partial charge in [0.05, 0.1) is 17.8 Å². The highest BCUT2D eigenvalue weighted by Gasteiger charge is 2.39. The van der Waals surface area contributed by atoms with Crippen LogP contribution in [-0.4, -0.2) is 38.8 Å². The Morgan fingerprint density at radius 2 is 2.04 bits per heavy atom. The van der Waals surface area contributed by atoms with Crippen LogP contribution in [0.15, 0.2) is 24.4 Å². The second-order valence-corrected chi connectivity index (χ2v) is 8.10. The van der Waals surface area contributed by atoms with Gasteiger partial charge in [-0.2, -0.15) is 13.2 Å². The van der Waals surface area contributed by atoms with Gasteiger partial charge in [0.25, 0.3) is 0 Å². The summed E-state index contributed by atoms with van der Waals surface area (Å²) in [5.74, 6) is 0.0393. The highest BCUT2D eigenvalue weighted by Crippen LogP contribution is 2.40. The van der Waals surface area contributed by atoms with E-state index in [-0.39, 0.29) is 22.3 Å².